The number of amides is 2. The lowest BCUT2D eigenvalue weighted by Crippen LogP contribution is -2.49. The van der Waals surface area contributed by atoms with Crippen LogP contribution in [-0.2, 0) is 4.79 Å². The van der Waals surface area contributed by atoms with Crippen LogP contribution in [-0.4, -0.2) is 56.2 Å². The summed E-state index contributed by atoms with van der Waals surface area (Å²) in [7, 11) is 1.45. The molecular weight excluding hydrogens is 410 g/mol. The highest BCUT2D eigenvalue weighted by Gasteiger charge is 2.23. The number of rotatable bonds is 7. The van der Waals surface area contributed by atoms with Crippen molar-refractivity contribution in [1.29, 1.82) is 0 Å². The number of carbonyl (C=O) groups excluding carboxylic acids is 2. The molecule has 2 aromatic carbocycles. The highest BCUT2D eigenvalue weighted by molar-refractivity contribution is 6.31. The van der Waals surface area contributed by atoms with Crippen LogP contribution in [0.3, 0.4) is 0 Å². The lowest BCUT2D eigenvalue weighted by Gasteiger charge is -2.30. The van der Waals surface area contributed by atoms with Crippen LogP contribution in [0.2, 0.25) is 5.02 Å². The van der Waals surface area contributed by atoms with Crippen LogP contribution < -0.4 is 25.1 Å². The fourth-order valence-electron chi connectivity index (χ4n) is 3.04. The maximum absolute atomic E-state index is 12.4. The summed E-state index contributed by atoms with van der Waals surface area (Å²) in [6.45, 7) is 3.57. The molecule has 1 aliphatic rings. The van der Waals surface area contributed by atoms with Gasteiger partial charge in [-0.15, -0.1) is 0 Å². The molecule has 2 amide bonds. The first-order chi connectivity index (χ1) is 14.5. The van der Waals surface area contributed by atoms with E-state index < -0.39 is 5.91 Å². The fourth-order valence-corrected chi connectivity index (χ4v) is 3.21. The normalized spacial score (nSPS) is 14.9. The van der Waals surface area contributed by atoms with Crippen molar-refractivity contribution >= 4 is 23.4 Å². The first-order valence-corrected chi connectivity index (χ1v) is 9.91. The van der Waals surface area contributed by atoms with Gasteiger partial charge in [0.1, 0.15) is 18.5 Å². The van der Waals surface area contributed by atoms with Crippen LogP contribution in [0.5, 0.6) is 17.2 Å². The third-order valence-corrected chi connectivity index (χ3v) is 4.80. The van der Waals surface area contributed by atoms with Gasteiger partial charge < -0.3 is 14.2 Å². The van der Waals surface area contributed by atoms with Crippen molar-refractivity contribution in [3.63, 3.8) is 0 Å². The number of hydrogen-bond donors (Lipinski definition) is 2. The van der Waals surface area contributed by atoms with Gasteiger partial charge in [0, 0.05) is 11.6 Å². The van der Waals surface area contributed by atoms with Gasteiger partial charge >= 0.3 is 0 Å². The molecule has 0 bridgehead atoms. The summed E-state index contributed by atoms with van der Waals surface area (Å²) in [5.41, 5.74) is 5.03. The summed E-state index contributed by atoms with van der Waals surface area (Å²) >= 11 is 5.94. The number of ether oxygens (including phenoxy) is 3. The van der Waals surface area contributed by atoms with E-state index in [0.717, 1.165) is 0 Å². The average Bonchev–Trinajstić information content (AvgIpc) is 2.76. The molecule has 1 unspecified atom stereocenters. The Hall–Kier alpha value is -2.97. The maximum Gasteiger partial charge on any atom is 0.273 e. The van der Waals surface area contributed by atoms with Gasteiger partial charge in [-0.25, -0.2) is 0 Å². The van der Waals surface area contributed by atoms with Crippen molar-refractivity contribution in [1.82, 2.24) is 15.8 Å². The van der Waals surface area contributed by atoms with Gasteiger partial charge in [-0.1, -0.05) is 30.7 Å². The Balaban J connectivity index is 1.50. The zero-order valence-corrected chi connectivity index (χ0v) is 17.6. The number of hydrogen-bond acceptors (Lipinski definition) is 6. The van der Waals surface area contributed by atoms with Gasteiger partial charge in [0.25, 0.3) is 11.8 Å². The summed E-state index contributed by atoms with van der Waals surface area (Å²) < 4.78 is 16.8. The molecule has 0 aliphatic carbocycles. The Labute approximate surface area is 180 Å². The molecule has 2 N–H and O–H groups in total. The SMILES string of the molecule is CCN(CC(=O)NNC(=O)c1cc(Cl)ccc1OC)CC1COc2ccccc2O1. The summed E-state index contributed by atoms with van der Waals surface area (Å²) in [6.07, 6.45) is -0.196. The summed E-state index contributed by atoms with van der Waals surface area (Å²) in [5.74, 6) is 0.886. The van der Waals surface area contributed by atoms with E-state index in [1.807, 2.05) is 36.1 Å². The number of benzene rings is 2. The maximum atomic E-state index is 12.4. The number of likely N-dealkylation sites (N-methyl/N-ethyl adjacent to an activating group) is 1. The number of nitrogens with one attached hydrogen (secondary N) is 2. The fraction of sp³-hybridized carbons (Fsp3) is 0.333. The topological polar surface area (TPSA) is 89.1 Å². The van der Waals surface area contributed by atoms with Crippen molar-refractivity contribution in [3.05, 3.63) is 53.1 Å². The Kier molecular flexibility index (Phi) is 7.37. The van der Waals surface area contributed by atoms with Crippen LogP contribution in [0.4, 0.5) is 0 Å². The molecule has 0 saturated heterocycles. The van der Waals surface area contributed by atoms with E-state index in [9.17, 15) is 9.59 Å². The standard InChI is InChI=1S/C21H24ClN3O5/c1-3-25(11-15-13-29-18-6-4-5-7-19(18)30-15)12-20(26)23-24-21(27)16-10-14(22)8-9-17(16)28-2/h4-10,15H,3,11-13H2,1-2H3,(H,23,26)(H,24,27). The van der Waals surface area contributed by atoms with Gasteiger partial charge in [-0.3, -0.25) is 25.3 Å². The Morgan fingerprint density at radius 2 is 1.97 bits per heavy atom. The molecule has 0 radical (unpaired) electrons. The largest absolute Gasteiger partial charge is 0.496 e. The van der Waals surface area contributed by atoms with Crippen LogP contribution in [0, 0.1) is 0 Å². The van der Waals surface area contributed by atoms with Crippen molar-refractivity contribution < 1.29 is 23.8 Å². The predicted octanol–water partition coefficient (Wildman–Crippen LogP) is 2.27. The second-order valence-electron chi connectivity index (χ2n) is 6.67. The molecule has 3 rings (SSSR count). The quantitative estimate of drug-likeness (QED) is 0.651. The second kappa shape index (κ2) is 10.2. The van der Waals surface area contributed by atoms with Gasteiger partial charge in [0.2, 0.25) is 0 Å². The molecule has 0 aromatic heterocycles. The van der Waals surface area contributed by atoms with E-state index in [-0.39, 0.29) is 24.1 Å². The zero-order chi connectivity index (χ0) is 21.5. The van der Waals surface area contributed by atoms with E-state index >= 15 is 0 Å². The highest BCUT2D eigenvalue weighted by Crippen LogP contribution is 2.31. The van der Waals surface area contributed by atoms with Crippen molar-refractivity contribution in [2.45, 2.75) is 13.0 Å². The minimum absolute atomic E-state index is 0.0883. The molecule has 160 valence electrons. The Morgan fingerprint density at radius 3 is 2.70 bits per heavy atom. The molecule has 1 atom stereocenters. The number of nitrogens with zero attached hydrogens (tertiary/aromatic N) is 1. The monoisotopic (exact) mass is 433 g/mol. The van der Waals surface area contributed by atoms with E-state index in [0.29, 0.717) is 42.0 Å². The molecule has 0 fully saturated rings. The van der Waals surface area contributed by atoms with Gasteiger partial charge in [0.05, 0.1) is 19.2 Å². The number of para-hydroxylation sites is 2. The van der Waals surface area contributed by atoms with Crippen molar-refractivity contribution in [3.8, 4) is 17.2 Å². The summed E-state index contributed by atoms with van der Waals surface area (Å²) in [6, 6.07) is 12.1. The lowest BCUT2D eigenvalue weighted by molar-refractivity contribution is -0.123. The molecule has 30 heavy (non-hydrogen) atoms. The van der Waals surface area contributed by atoms with E-state index in [1.165, 1.54) is 13.2 Å². The molecule has 0 spiro atoms. The minimum Gasteiger partial charge on any atom is -0.496 e. The molecule has 1 heterocycles. The van der Waals surface area contributed by atoms with Gasteiger partial charge in [-0.2, -0.15) is 0 Å². The zero-order valence-electron chi connectivity index (χ0n) is 16.8. The number of halogens is 1. The van der Waals surface area contributed by atoms with Crippen LogP contribution in [0.15, 0.2) is 42.5 Å². The first kappa shape index (κ1) is 21.7. The van der Waals surface area contributed by atoms with Crippen LogP contribution in [0.25, 0.3) is 0 Å². The van der Waals surface area contributed by atoms with Gasteiger partial charge in [0.15, 0.2) is 11.5 Å². The average molecular weight is 434 g/mol. The molecule has 2 aromatic rings. The van der Waals surface area contributed by atoms with E-state index in [4.69, 9.17) is 25.8 Å². The van der Waals surface area contributed by atoms with Gasteiger partial charge in [-0.05, 0) is 36.9 Å². The van der Waals surface area contributed by atoms with E-state index in [2.05, 4.69) is 10.9 Å². The number of methoxy groups -OCH3 is 1. The summed E-state index contributed by atoms with van der Waals surface area (Å²) in [5, 5.41) is 0.390. The Bertz CT molecular complexity index is 908. The molecule has 9 heteroatoms. The molecule has 0 saturated carbocycles. The summed E-state index contributed by atoms with van der Waals surface area (Å²) in [4.78, 5) is 26.6. The third-order valence-electron chi connectivity index (χ3n) is 4.57. The number of hydrazine groups is 1. The van der Waals surface area contributed by atoms with Crippen molar-refractivity contribution in [2.75, 3.05) is 33.4 Å². The number of carbonyl (C=O) groups is 2. The first-order valence-electron chi connectivity index (χ1n) is 9.53. The predicted molar refractivity (Wildman–Crippen MR) is 112 cm³/mol. The third kappa shape index (κ3) is 5.55. The van der Waals surface area contributed by atoms with Crippen LogP contribution >= 0.6 is 11.6 Å². The number of fused-ring (bicyclic) bond motifs is 1. The molecule has 8 nitrogen and oxygen atoms in total. The highest BCUT2D eigenvalue weighted by atomic mass is 35.5. The minimum atomic E-state index is -0.522. The smallest absolute Gasteiger partial charge is 0.273 e. The van der Waals surface area contributed by atoms with E-state index in [1.54, 1.807) is 12.1 Å². The molecule has 1 aliphatic heterocycles. The van der Waals surface area contributed by atoms with Crippen molar-refractivity contribution in [2.24, 2.45) is 0 Å². The Morgan fingerprint density at radius 1 is 1.20 bits per heavy atom. The van der Waals surface area contributed by atoms with Crippen LogP contribution in [0.1, 0.15) is 17.3 Å². The second-order valence-corrected chi connectivity index (χ2v) is 7.11. The lowest BCUT2D eigenvalue weighted by atomic mass is 10.2. The molecular formula is C21H24ClN3O5.